The van der Waals surface area contributed by atoms with Crippen LogP contribution in [0, 0.1) is 0 Å². The number of hydrogen-bond donors (Lipinski definition) is 1. The zero-order chi connectivity index (χ0) is 9.19. The van der Waals surface area contributed by atoms with Gasteiger partial charge in [0.2, 0.25) is 0 Å². The molecule has 0 aliphatic heterocycles. The third kappa shape index (κ3) is 2.29. The highest BCUT2D eigenvalue weighted by atomic mass is 32.1. The first kappa shape index (κ1) is 9.68. The van der Waals surface area contributed by atoms with Crippen LogP contribution in [0.2, 0.25) is 0 Å². The molecule has 0 bridgehead atoms. The van der Waals surface area contributed by atoms with Crippen molar-refractivity contribution in [1.29, 1.82) is 0 Å². The molecule has 1 rings (SSSR count). The van der Waals surface area contributed by atoms with E-state index in [9.17, 15) is 0 Å². The van der Waals surface area contributed by atoms with Crippen LogP contribution in [0.5, 0.6) is 0 Å². The Labute approximate surface area is 78.0 Å². The Morgan fingerprint density at radius 2 is 2.17 bits per heavy atom. The fourth-order valence-corrected chi connectivity index (χ4v) is 2.04. The first-order valence-corrected chi connectivity index (χ1v) is 5.08. The van der Waals surface area contributed by atoms with Crippen LogP contribution in [0.4, 0.5) is 0 Å². The highest BCUT2D eigenvalue weighted by Crippen LogP contribution is 2.22. The van der Waals surface area contributed by atoms with Crippen molar-refractivity contribution in [3.63, 3.8) is 0 Å². The predicted octanol–water partition coefficient (Wildman–Crippen LogP) is 2.38. The number of rotatable bonds is 3. The molecule has 1 aromatic rings. The lowest BCUT2D eigenvalue weighted by Gasteiger charge is -2.26. The number of thiazole rings is 1. The fourth-order valence-electron chi connectivity index (χ4n) is 1.32. The van der Waals surface area contributed by atoms with Gasteiger partial charge in [-0.3, -0.25) is 0 Å². The van der Waals surface area contributed by atoms with E-state index in [0.29, 0.717) is 6.04 Å². The highest BCUT2D eigenvalue weighted by molar-refractivity contribution is 7.09. The van der Waals surface area contributed by atoms with Gasteiger partial charge in [0.05, 0.1) is 5.54 Å². The van der Waals surface area contributed by atoms with Crippen LogP contribution in [0.15, 0.2) is 11.6 Å². The van der Waals surface area contributed by atoms with E-state index < -0.39 is 0 Å². The standard InChI is InChI=1S/C9H16N2S/c1-7(2)11-9(3,4)8-10-5-6-12-8/h5-7,11H,1-4H3. The maximum atomic E-state index is 4.30. The van der Waals surface area contributed by atoms with E-state index in [-0.39, 0.29) is 5.54 Å². The van der Waals surface area contributed by atoms with Gasteiger partial charge in [0.25, 0.3) is 0 Å². The summed E-state index contributed by atoms with van der Waals surface area (Å²) in [5.74, 6) is 0. The molecule has 0 spiro atoms. The highest BCUT2D eigenvalue weighted by Gasteiger charge is 2.23. The van der Waals surface area contributed by atoms with Crippen LogP contribution >= 0.6 is 11.3 Å². The summed E-state index contributed by atoms with van der Waals surface area (Å²) in [4.78, 5) is 4.30. The van der Waals surface area contributed by atoms with Gasteiger partial charge in [-0.05, 0) is 27.7 Å². The lowest BCUT2D eigenvalue weighted by atomic mass is 10.1. The van der Waals surface area contributed by atoms with Gasteiger partial charge in [-0.2, -0.15) is 0 Å². The monoisotopic (exact) mass is 184 g/mol. The Hall–Kier alpha value is -0.410. The van der Waals surface area contributed by atoms with Crippen LogP contribution in [0.3, 0.4) is 0 Å². The van der Waals surface area contributed by atoms with E-state index >= 15 is 0 Å². The maximum Gasteiger partial charge on any atom is 0.112 e. The molecule has 0 radical (unpaired) electrons. The Bertz CT molecular complexity index is 227. The molecule has 1 heterocycles. The van der Waals surface area contributed by atoms with Gasteiger partial charge in [0, 0.05) is 17.6 Å². The molecular formula is C9H16N2S. The van der Waals surface area contributed by atoms with Crippen molar-refractivity contribution >= 4 is 11.3 Å². The van der Waals surface area contributed by atoms with Crippen LogP contribution in [0.1, 0.15) is 32.7 Å². The summed E-state index contributed by atoms with van der Waals surface area (Å²) < 4.78 is 0. The lowest BCUT2D eigenvalue weighted by Crippen LogP contribution is -2.40. The summed E-state index contributed by atoms with van der Waals surface area (Å²) in [7, 11) is 0. The quantitative estimate of drug-likeness (QED) is 0.780. The SMILES string of the molecule is CC(C)NC(C)(C)c1nccs1. The average molecular weight is 184 g/mol. The van der Waals surface area contributed by atoms with Gasteiger partial charge in [-0.1, -0.05) is 0 Å². The van der Waals surface area contributed by atoms with E-state index in [4.69, 9.17) is 0 Å². The van der Waals surface area contributed by atoms with E-state index in [1.54, 1.807) is 11.3 Å². The Kier molecular flexibility index (Phi) is 2.85. The summed E-state index contributed by atoms with van der Waals surface area (Å²) in [6.07, 6.45) is 1.85. The third-order valence-electron chi connectivity index (χ3n) is 1.62. The van der Waals surface area contributed by atoms with Crippen molar-refractivity contribution < 1.29 is 0 Å². The first-order chi connectivity index (χ1) is 5.52. The van der Waals surface area contributed by atoms with Crippen molar-refractivity contribution in [3.8, 4) is 0 Å². The molecular weight excluding hydrogens is 168 g/mol. The van der Waals surface area contributed by atoms with Crippen molar-refractivity contribution in [1.82, 2.24) is 10.3 Å². The molecule has 0 unspecified atom stereocenters. The normalized spacial score (nSPS) is 12.4. The molecule has 0 fully saturated rings. The Balaban J connectivity index is 2.72. The zero-order valence-corrected chi connectivity index (χ0v) is 8.90. The molecule has 2 nitrogen and oxygen atoms in total. The molecule has 0 amide bonds. The van der Waals surface area contributed by atoms with Gasteiger partial charge in [-0.15, -0.1) is 11.3 Å². The second kappa shape index (κ2) is 3.54. The molecule has 0 aromatic carbocycles. The van der Waals surface area contributed by atoms with Crippen LogP contribution < -0.4 is 5.32 Å². The summed E-state index contributed by atoms with van der Waals surface area (Å²) in [5, 5.41) is 6.63. The largest absolute Gasteiger partial charge is 0.304 e. The molecule has 1 N–H and O–H groups in total. The van der Waals surface area contributed by atoms with E-state index in [2.05, 4.69) is 38.0 Å². The minimum absolute atomic E-state index is 0.00231. The van der Waals surface area contributed by atoms with E-state index in [1.165, 1.54) is 0 Å². The van der Waals surface area contributed by atoms with Gasteiger partial charge in [0.15, 0.2) is 0 Å². The summed E-state index contributed by atoms with van der Waals surface area (Å²) >= 11 is 1.70. The Morgan fingerprint density at radius 3 is 2.58 bits per heavy atom. The summed E-state index contributed by atoms with van der Waals surface area (Å²) in [6, 6.07) is 0.490. The van der Waals surface area contributed by atoms with E-state index in [0.717, 1.165) is 5.01 Å². The minimum Gasteiger partial charge on any atom is -0.304 e. The smallest absolute Gasteiger partial charge is 0.112 e. The maximum absolute atomic E-state index is 4.30. The average Bonchev–Trinajstić information content (AvgIpc) is 2.32. The minimum atomic E-state index is 0.00231. The van der Waals surface area contributed by atoms with Crippen molar-refractivity contribution in [2.24, 2.45) is 0 Å². The summed E-state index contributed by atoms with van der Waals surface area (Å²) in [6.45, 7) is 8.61. The lowest BCUT2D eigenvalue weighted by molar-refractivity contribution is 0.364. The third-order valence-corrected chi connectivity index (χ3v) is 2.71. The van der Waals surface area contributed by atoms with Crippen molar-refractivity contribution in [2.75, 3.05) is 0 Å². The van der Waals surface area contributed by atoms with Crippen LogP contribution in [-0.4, -0.2) is 11.0 Å². The number of hydrogen-bond acceptors (Lipinski definition) is 3. The number of aromatic nitrogens is 1. The van der Waals surface area contributed by atoms with E-state index in [1.807, 2.05) is 11.6 Å². The van der Waals surface area contributed by atoms with Gasteiger partial charge >= 0.3 is 0 Å². The molecule has 1 aromatic heterocycles. The van der Waals surface area contributed by atoms with Gasteiger partial charge < -0.3 is 5.32 Å². The second-order valence-electron chi connectivity index (χ2n) is 3.76. The first-order valence-electron chi connectivity index (χ1n) is 4.20. The molecule has 0 aliphatic rings. The van der Waals surface area contributed by atoms with Crippen LogP contribution in [-0.2, 0) is 5.54 Å². The molecule has 0 atom stereocenters. The van der Waals surface area contributed by atoms with Gasteiger partial charge in [0.1, 0.15) is 5.01 Å². The summed E-state index contributed by atoms with van der Waals surface area (Å²) in [5.41, 5.74) is 0.00231. The number of nitrogens with zero attached hydrogens (tertiary/aromatic N) is 1. The molecule has 0 saturated carbocycles. The molecule has 12 heavy (non-hydrogen) atoms. The molecule has 68 valence electrons. The Morgan fingerprint density at radius 1 is 1.50 bits per heavy atom. The molecule has 0 aliphatic carbocycles. The predicted molar refractivity (Wildman–Crippen MR) is 53.4 cm³/mol. The molecule has 0 saturated heterocycles. The van der Waals surface area contributed by atoms with Gasteiger partial charge in [-0.25, -0.2) is 4.98 Å². The second-order valence-corrected chi connectivity index (χ2v) is 4.66. The zero-order valence-electron chi connectivity index (χ0n) is 8.09. The topological polar surface area (TPSA) is 24.9 Å². The number of nitrogens with one attached hydrogen (secondary N) is 1. The van der Waals surface area contributed by atoms with Crippen LogP contribution in [0.25, 0.3) is 0 Å². The van der Waals surface area contributed by atoms with Crippen molar-refractivity contribution in [2.45, 2.75) is 39.3 Å². The fraction of sp³-hybridized carbons (Fsp3) is 0.667. The van der Waals surface area contributed by atoms with Crippen molar-refractivity contribution in [3.05, 3.63) is 16.6 Å². The molecule has 3 heteroatoms.